The van der Waals surface area contributed by atoms with Gasteiger partial charge in [-0.05, 0) is 61.2 Å². The monoisotopic (exact) mass is 744 g/mol. The molecule has 0 spiro atoms. The quantitative estimate of drug-likeness (QED) is 0.112. The van der Waals surface area contributed by atoms with Gasteiger partial charge in [0.15, 0.2) is 10.6 Å². The summed E-state index contributed by atoms with van der Waals surface area (Å²) in [6.07, 6.45) is -0.991. The van der Waals surface area contributed by atoms with Crippen molar-refractivity contribution in [2.24, 2.45) is 5.92 Å². The highest BCUT2D eigenvalue weighted by molar-refractivity contribution is 8.01. The van der Waals surface area contributed by atoms with Crippen LogP contribution >= 0.6 is 23.1 Å². The fraction of sp³-hybridized carbons (Fsp3) is 0.289. The van der Waals surface area contributed by atoms with Crippen LogP contribution in [0, 0.1) is 19.8 Å². The molecule has 10 nitrogen and oxygen atoms in total. The van der Waals surface area contributed by atoms with Crippen LogP contribution in [0.1, 0.15) is 52.1 Å². The minimum atomic E-state index is -3.98. The van der Waals surface area contributed by atoms with Gasteiger partial charge in [-0.25, -0.2) is 8.42 Å². The van der Waals surface area contributed by atoms with Crippen molar-refractivity contribution in [2.45, 2.75) is 67.6 Å². The molecule has 0 radical (unpaired) electrons. The van der Waals surface area contributed by atoms with E-state index in [4.69, 9.17) is 9.47 Å². The third-order valence-electron chi connectivity index (χ3n) is 8.68. The van der Waals surface area contributed by atoms with Crippen LogP contribution in [0.15, 0.2) is 112 Å². The van der Waals surface area contributed by atoms with Gasteiger partial charge in [0, 0.05) is 22.9 Å². The summed E-state index contributed by atoms with van der Waals surface area (Å²) >= 11 is 3.15. The highest BCUT2D eigenvalue weighted by atomic mass is 32.2. The number of rotatable bonds is 13. The zero-order valence-corrected chi connectivity index (χ0v) is 30.9. The van der Waals surface area contributed by atoms with E-state index in [0.717, 1.165) is 37.2 Å². The van der Waals surface area contributed by atoms with Gasteiger partial charge in [0.25, 0.3) is 0 Å². The van der Waals surface area contributed by atoms with E-state index in [9.17, 15) is 18.3 Å². The third kappa shape index (κ3) is 9.49. The second kappa shape index (κ2) is 16.6. The maximum Gasteiger partial charge on any atom is 0.242 e. The van der Waals surface area contributed by atoms with Crippen LogP contribution in [0.4, 0.5) is 5.69 Å². The lowest BCUT2D eigenvalue weighted by molar-refractivity contribution is -0.268. The summed E-state index contributed by atoms with van der Waals surface area (Å²) in [4.78, 5) is 13.8. The Morgan fingerprint density at radius 1 is 0.882 bits per heavy atom. The minimum absolute atomic E-state index is 0.00606. The Morgan fingerprint density at radius 3 is 2.22 bits per heavy atom. The molecule has 266 valence electrons. The molecular formula is C38H40N4O6S3. The number of carbonyl (C=O) groups excluding carboxylic acids is 1. The van der Waals surface area contributed by atoms with Crippen molar-refractivity contribution in [1.29, 1.82) is 0 Å². The molecule has 1 fully saturated rings. The van der Waals surface area contributed by atoms with Gasteiger partial charge in [0.2, 0.25) is 15.9 Å². The number of aromatic nitrogens is 2. The average molecular weight is 745 g/mol. The molecule has 6 rings (SSSR count). The van der Waals surface area contributed by atoms with Gasteiger partial charge < -0.3 is 19.9 Å². The minimum Gasteiger partial charge on any atom is -0.392 e. The third-order valence-corrected chi connectivity index (χ3v) is 12.2. The highest BCUT2D eigenvalue weighted by Crippen LogP contribution is 2.43. The van der Waals surface area contributed by atoms with Crippen LogP contribution in [0.5, 0.6) is 0 Å². The van der Waals surface area contributed by atoms with E-state index < -0.39 is 28.3 Å². The molecule has 1 aliphatic heterocycles. The number of thioether (sulfide) groups is 1. The standard InChI is InChI=1S/C38H40N4O6S3/c1-24-9-19-32(20-10-24)51(45,46)42-33(21-27-7-5-4-6-8-27)36(44)39-31-17-15-30(16-18-31)37-47-34(23-49-38-41-40-26(3)50-38)25(2)35(48-37)29-13-11-28(22-43)12-14-29/h4-20,25,33-35,37,42-43H,21-23H2,1-3H3,(H,39,44). The number of benzene rings is 4. The van der Waals surface area contributed by atoms with Gasteiger partial charge in [-0.3, -0.25) is 4.79 Å². The van der Waals surface area contributed by atoms with Crippen LogP contribution in [-0.2, 0) is 37.3 Å². The fourth-order valence-electron chi connectivity index (χ4n) is 5.76. The van der Waals surface area contributed by atoms with E-state index in [1.807, 2.05) is 80.6 Å². The molecule has 1 saturated heterocycles. The van der Waals surface area contributed by atoms with Gasteiger partial charge in [-0.15, -0.1) is 10.2 Å². The molecule has 13 heteroatoms. The molecule has 0 bridgehead atoms. The van der Waals surface area contributed by atoms with Gasteiger partial charge in [-0.2, -0.15) is 4.72 Å². The first kappa shape index (κ1) is 36.8. The number of sulfonamides is 1. The first-order valence-corrected chi connectivity index (χ1v) is 19.8. The van der Waals surface area contributed by atoms with E-state index in [1.54, 1.807) is 47.4 Å². The second-order valence-electron chi connectivity index (χ2n) is 12.5. The fourth-order valence-corrected chi connectivity index (χ4v) is 8.96. The van der Waals surface area contributed by atoms with Crippen molar-refractivity contribution >= 4 is 44.7 Å². The number of nitrogens with one attached hydrogen (secondary N) is 2. The van der Waals surface area contributed by atoms with Crippen molar-refractivity contribution in [2.75, 3.05) is 11.1 Å². The van der Waals surface area contributed by atoms with Crippen molar-refractivity contribution in [3.05, 3.63) is 136 Å². The van der Waals surface area contributed by atoms with Crippen LogP contribution in [-0.4, -0.2) is 47.5 Å². The van der Waals surface area contributed by atoms with Gasteiger partial charge >= 0.3 is 0 Å². The van der Waals surface area contributed by atoms with Crippen LogP contribution in [0.3, 0.4) is 0 Å². The number of amides is 1. The lowest BCUT2D eigenvalue weighted by Crippen LogP contribution is -2.45. The van der Waals surface area contributed by atoms with Crippen LogP contribution in [0.2, 0.25) is 0 Å². The molecule has 0 aliphatic carbocycles. The Kier molecular flexibility index (Phi) is 12.0. The zero-order chi connectivity index (χ0) is 36.0. The van der Waals surface area contributed by atoms with Crippen molar-refractivity contribution in [1.82, 2.24) is 14.9 Å². The predicted molar refractivity (Wildman–Crippen MR) is 199 cm³/mol. The number of aliphatic hydroxyl groups is 1. The summed E-state index contributed by atoms with van der Waals surface area (Å²) < 4.78 is 43.3. The average Bonchev–Trinajstić information content (AvgIpc) is 3.56. The van der Waals surface area contributed by atoms with Crippen molar-refractivity contribution < 1.29 is 27.8 Å². The van der Waals surface area contributed by atoms with E-state index >= 15 is 0 Å². The maximum atomic E-state index is 13.7. The summed E-state index contributed by atoms with van der Waals surface area (Å²) in [6, 6.07) is 29.6. The summed E-state index contributed by atoms with van der Waals surface area (Å²) in [7, 11) is -3.98. The van der Waals surface area contributed by atoms with Gasteiger partial charge in [0.1, 0.15) is 11.0 Å². The number of ether oxygens (including phenoxy) is 2. The number of anilines is 1. The molecular weight excluding hydrogens is 705 g/mol. The van der Waals surface area contributed by atoms with Crippen LogP contribution < -0.4 is 10.0 Å². The number of carbonyl (C=O) groups is 1. The first-order chi connectivity index (χ1) is 24.6. The molecule has 5 unspecified atom stereocenters. The number of aryl methyl sites for hydroxylation is 2. The molecule has 1 aromatic heterocycles. The lowest BCUT2D eigenvalue weighted by Gasteiger charge is -2.41. The lowest BCUT2D eigenvalue weighted by atomic mass is 9.91. The Balaban J connectivity index is 1.19. The largest absolute Gasteiger partial charge is 0.392 e. The Labute approximate surface area is 306 Å². The van der Waals surface area contributed by atoms with E-state index in [1.165, 1.54) is 12.1 Å². The number of hydrogen-bond acceptors (Lipinski definition) is 10. The zero-order valence-electron chi connectivity index (χ0n) is 28.4. The summed E-state index contributed by atoms with van der Waals surface area (Å²) in [6.45, 7) is 5.87. The summed E-state index contributed by atoms with van der Waals surface area (Å²) in [5.74, 6) is 0.166. The van der Waals surface area contributed by atoms with Crippen molar-refractivity contribution in [3.63, 3.8) is 0 Å². The maximum absolute atomic E-state index is 13.7. The molecule has 5 aromatic rings. The number of hydrogen-bond donors (Lipinski definition) is 3. The molecule has 51 heavy (non-hydrogen) atoms. The van der Waals surface area contributed by atoms with E-state index in [-0.39, 0.29) is 36.0 Å². The molecule has 2 heterocycles. The molecule has 1 amide bonds. The van der Waals surface area contributed by atoms with Gasteiger partial charge in [-0.1, -0.05) is 114 Å². The van der Waals surface area contributed by atoms with Crippen LogP contribution in [0.25, 0.3) is 0 Å². The van der Waals surface area contributed by atoms with Gasteiger partial charge in [0.05, 0.1) is 23.7 Å². The summed E-state index contributed by atoms with van der Waals surface area (Å²) in [5, 5.41) is 21.7. The number of aliphatic hydroxyl groups excluding tert-OH is 1. The molecule has 1 aliphatic rings. The predicted octanol–water partition coefficient (Wildman–Crippen LogP) is 6.76. The Morgan fingerprint density at radius 2 is 1.57 bits per heavy atom. The van der Waals surface area contributed by atoms with E-state index in [2.05, 4.69) is 27.2 Å². The Hall–Kier alpha value is -3.95. The number of nitrogens with zero attached hydrogens (tertiary/aromatic N) is 2. The highest BCUT2D eigenvalue weighted by Gasteiger charge is 2.38. The first-order valence-electron chi connectivity index (χ1n) is 16.6. The topological polar surface area (TPSA) is 140 Å². The van der Waals surface area contributed by atoms with E-state index in [0.29, 0.717) is 11.4 Å². The smallest absolute Gasteiger partial charge is 0.242 e. The second-order valence-corrected chi connectivity index (χ2v) is 16.7. The molecule has 0 saturated carbocycles. The van der Waals surface area contributed by atoms with Crippen molar-refractivity contribution in [3.8, 4) is 0 Å². The normalized spacial score (nSPS) is 19.8. The molecule has 4 aromatic carbocycles. The molecule has 5 atom stereocenters. The SMILES string of the molecule is Cc1ccc(S(=O)(=O)NC(Cc2ccccc2)C(=O)Nc2ccc(C3OC(CSc4nnc(C)s4)C(C)C(c4ccc(CO)cc4)O3)cc2)cc1. The summed E-state index contributed by atoms with van der Waals surface area (Å²) in [5.41, 5.74) is 4.81. The molecule has 3 N–H and O–H groups in total. The Bertz CT molecular complexity index is 2010.